The van der Waals surface area contributed by atoms with Gasteiger partial charge in [-0.3, -0.25) is 9.36 Å². The first-order chi connectivity index (χ1) is 9.56. The van der Waals surface area contributed by atoms with E-state index >= 15 is 0 Å². The summed E-state index contributed by atoms with van der Waals surface area (Å²) in [5.74, 6) is 0. The zero-order chi connectivity index (χ0) is 14.5. The lowest BCUT2D eigenvalue weighted by Crippen LogP contribution is -2.30. The minimum atomic E-state index is 0.614. The number of anilines is 1. The van der Waals surface area contributed by atoms with Crippen molar-refractivity contribution in [1.29, 1.82) is 0 Å². The van der Waals surface area contributed by atoms with E-state index in [-0.39, 0.29) is 0 Å². The van der Waals surface area contributed by atoms with E-state index in [9.17, 15) is 0 Å². The molecule has 0 amide bonds. The van der Waals surface area contributed by atoms with Crippen LogP contribution in [0, 0.1) is 6.92 Å². The van der Waals surface area contributed by atoms with E-state index in [0.717, 1.165) is 35.4 Å². The number of hydrogen-bond acceptors (Lipinski definition) is 3. The predicted molar refractivity (Wildman–Crippen MR) is 86.7 cm³/mol. The van der Waals surface area contributed by atoms with Crippen molar-refractivity contribution in [2.75, 3.05) is 11.9 Å². The van der Waals surface area contributed by atoms with E-state index in [1.54, 1.807) is 17.1 Å². The molecule has 0 spiro atoms. The fraction of sp³-hybridized carbons (Fsp3) is 0.417. The maximum Gasteiger partial charge on any atom is 0.170 e. The SMILES string of the molecule is Cc1c(NC(=S)NCCCn2cc(Br)cn2)cnn1C. The first-order valence-electron chi connectivity index (χ1n) is 6.27. The maximum atomic E-state index is 5.25. The molecule has 0 aliphatic heterocycles. The molecule has 6 nitrogen and oxygen atoms in total. The van der Waals surface area contributed by atoms with Crippen LogP contribution in [-0.2, 0) is 13.6 Å². The maximum absolute atomic E-state index is 5.25. The van der Waals surface area contributed by atoms with Gasteiger partial charge in [-0.2, -0.15) is 10.2 Å². The van der Waals surface area contributed by atoms with Gasteiger partial charge >= 0.3 is 0 Å². The first kappa shape index (κ1) is 15.0. The van der Waals surface area contributed by atoms with Gasteiger partial charge in [0, 0.05) is 26.3 Å². The van der Waals surface area contributed by atoms with Gasteiger partial charge in [-0.15, -0.1) is 0 Å². The summed E-state index contributed by atoms with van der Waals surface area (Å²) in [6.45, 7) is 3.64. The van der Waals surface area contributed by atoms with Crippen molar-refractivity contribution in [3.8, 4) is 0 Å². The zero-order valence-electron chi connectivity index (χ0n) is 11.4. The van der Waals surface area contributed by atoms with Gasteiger partial charge in [0.15, 0.2) is 5.11 Å². The van der Waals surface area contributed by atoms with Crippen LogP contribution < -0.4 is 10.6 Å². The van der Waals surface area contributed by atoms with Gasteiger partial charge in [-0.1, -0.05) is 0 Å². The van der Waals surface area contributed by atoms with E-state index in [2.05, 4.69) is 36.8 Å². The molecule has 0 aliphatic rings. The number of hydrogen-bond donors (Lipinski definition) is 2. The Labute approximate surface area is 131 Å². The molecule has 0 saturated heterocycles. The molecule has 0 aliphatic carbocycles. The van der Waals surface area contributed by atoms with Gasteiger partial charge in [0.05, 0.1) is 28.2 Å². The quantitative estimate of drug-likeness (QED) is 0.634. The van der Waals surface area contributed by atoms with Gasteiger partial charge in [-0.25, -0.2) is 0 Å². The Balaban J connectivity index is 1.69. The molecule has 0 saturated carbocycles. The second kappa shape index (κ2) is 6.85. The van der Waals surface area contributed by atoms with E-state index < -0.39 is 0 Å². The van der Waals surface area contributed by atoms with Crippen molar-refractivity contribution in [2.45, 2.75) is 19.9 Å². The predicted octanol–water partition coefficient (Wildman–Crippen LogP) is 2.06. The van der Waals surface area contributed by atoms with Gasteiger partial charge in [0.2, 0.25) is 0 Å². The van der Waals surface area contributed by atoms with Crippen molar-refractivity contribution in [3.05, 3.63) is 28.8 Å². The molecule has 0 radical (unpaired) electrons. The highest BCUT2D eigenvalue weighted by Gasteiger charge is 2.04. The molecule has 0 atom stereocenters. The number of nitrogens with one attached hydrogen (secondary N) is 2. The molecule has 2 rings (SSSR count). The van der Waals surface area contributed by atoms with Crippen molar-refractivity contribution in [3.63, 3.8) is 0 Å². The van der Waals surface area contributed by atoms with Gasteiger partial charge in [0.25, 0.3) is 0 Å². The number of halogens is 1. The number of nitrogens with zero attached hydrogens (tertiary/aromatic N) is 4. The summed E-state index contributed by atoms with van der Waals surface area (Å²) in [4.78, 5) is 0. The summed E-state index contributed by atoms with van der Waals surface area (Å²) < 4.78 is 4.70. The Morgan fingerprint density at radius 3 is 2.80 bits per heavy atom. The lowest BCUT2D eigenvalue weighted by molar-refractivity contribution is 0.573. The molecule has 2 aromatic rings. The van der Waals surface area contributed by atoms with Gasteiger partial charge in [-0.05, 0) is 41.5 Å². The molecule has 8 heteroatoms. The number of thiocarbonyl (C=S) groups is 1. The molecule has 0 aromatic carbocycles. The van der Waals surface area contributed by atoms with E-state index in [0.29, 0.717) is 5.11 Å². The summed E-state index contributed by atoms with van der Waals surface area (Å²) in [5.41, 5.74) is 1.98. The van der Waals surface area contributed by atoms with Crippen LogP contribution in [0.5, 0.6) is 0 Å². The first-order valence-corrected chi connectivity index (χ1v) is 7.48. The second-order valence-corrected chi connectivity index (χ2v) is 5.75. The number of aryl methyl sites for hydroxylation is 2. The second-order valence-electron chi connectivity index (χ2n) is 4.42. The molecule has 2 N–H and O–H groups in total. The van der Waals surface area contributed by atoms with Crippen molar-refractivity contribution in [1.82, 2.24) is 24.9 Å². The fourth-order valence-electron chi connectivity index (χ4n) is 1.69. The molecule has 2 aromatic heterocycles. The minimum Gasteiger partial charge on any atom is -0.362 e. The van der Waals surface area contributed by atoms with Crippen LogP contribution in [0.4, 0.5) is 5.69 Å². The average Bonchev–Trinajstić information content (AvgIpc) is 2.96. The lowest BCUT2D eigenvalue weighted by Gasteiger charge is -2.10. The average molecular weight is 357 g/mol. The third-order valence-electron chi connectivity index (χ3n) is 2.93. The summed E-state index contributed by atoms with van der Waals surface area (Å²) in [7, 11) is 1.90. The zero-order valence-corrected chi connectivity index (χ0v) is 13.8. The van der Waals surface area contributed by atoms with E-state index in [1.807, 2.05) is 24.9 Å². The van der Waals surface area contributed by atoms with Crippen molar-refractivity contribution in [2.24, 2.45) is 7.05 Å². The summed E-state index contributed by atoms with van der Waals surface area (Å²) >= 11 is 8.62. The van der Waals surface area contributed by atoms with Crippen molar-refractivity contribution < 1.29 is 0 Å². The van der Waals surface area contributed by atoms with Gasteiger partial charge < -0.3 is 10.6 Å². The van der Waals surface area contributed by atoms with Crippen LogP contribution in [-0.4, -0.2) is 31.2 Å². The fourth-order valence-corrected chi connectivity index (χ4v) is 2.23. The Morgan fingerprint density at radius 1 is 1.40 bits per heavy atom. The van der Waals surface area contributed by atoms with Crippen molar-refractivity contribution >= 4 is 38.9 Å². The molecule has 0 fully saturated rings. The largest absolute Gasteiger partial charge is 0.362 e. The molecule has 108 valence electrons. The summed E-state index contributed by atoms with van der Waals surface area (Å²) in [6, 6.07) is 0. The van der Waals surface area contributed by atoms with Gasteiger partial charge in [0.1, 0.15) is 0 Å². The third kappa shape index (κ3) is 4.04. The number of aromatic nitrogens is 4. The van der Waals surface area contributed by atoms with Crippen LogP contribution in [0.1, 0.15) is 12.1 Å². The smallest absolute Gasteiger partial charge is 0.170 e. The molecule has 2 heterocycles. The highest BCUT2D eigenvalue weighted by Crippen LogP contribution is 2.11. The third-order valence-corrected chi connectivity index (χ3v) is 3.59. The molecule has 20 heavy (non-hydrogen) atoms. The lowest BCUT2D eigenvalue weighted by atomic mass is 10.4. The topological polar surface area (TPSA) is 59.7 Å². The van der Waals surface area contributed by atoms with Crippen LogP contribution in [0.3, 0.4) is 0 Å². The highest BCUT2D eigenvalue weighted by atomic mass is 79.9. The minimum absolute atomic E-state index is 0.614. The van der Waals surface area contributed by atoms with Crippen LogP contribution in [0.25, 0.3) is 0 Å². The highest BCUT2D eigenvalue weighted by molar-refractivity contribution is 9.10. The Morgan fingerprint density at radius 2 is 2.20 bits per heavy atom. The van der Waals surface area contributed by atoms with Crippen LogP contribution in [0.2, 0.25) is 0 Å². The Hall–Kier alpha value is -1.41. The molecular weight excluding hydrogens is 340 g/mol. The molecule has 0 unspecified atom stereocenters. The Bertz CT molecular complexity index is 591. The van der Waals surface area contributed by atoms with E-state index in [1.165, 1.54) is 0 Å². The summed E-state index contributed by atoms with van der Waals surface area (Å²) in [6.07, 6.45) is 6.45. The van der Waals surface area contributed by atoms with Crippen LogP contribution in [0.15, 0.2) is 23.1 Å². The molecule has 0 bridgehead atoms. The van der Waals surface area contributed by atoms with E-state index in [4.69, 9.17) is 12.2 Å². The monoisotopic (exact) mass is 356 g/mol. The summed E-state index contributed by atoms with van der Waals surface area (Å²) in [5, 5.41) is 15.3. The standard InChI is InChI=1S/C12H17BrN6S/c1-9-11(7-15-18(9)2)17-12(20)14-4-3-5-19-8-10(13)6-16-19/h6-8H,3-5H2,1-2H3,(H2,14,17,20). The normalized spacial score (nSPS) is 10.6. The Kier molecular flexibility index (Phi) is 5.13. The number of rotatable bonds is 5. The van der Waals surface area contributed by atoms with Crippen LogP contribution >= 0.6 is 28.1 Å². The molecular formula is C12H17BrN6S.